The highest BCUT2D eigenvalue weighted by Crippen LogP contribution is 2.28. The van der Waals surface area contributed by atoms with E-state index in [1.54, 1.807) is 0 Å². The van der Waals surface area contributed by atoms with E-state index in [0.717, 1.165) is 44.6 Å². The number of halogens is 1. The summed E-state index contributed by atoms with van der Waals surface area (Å²) in [6.07, 6.45) is 5.66. The minimum absolute atomic E-state index is 0.134. The van der Waals surface area contributed by atoms with Crippen molar-refractivity contribution in [3.8, 4) is 0 Å². The number of nitro groups is 1. The van der Waals surface area contributed by atoms with Gasteiger partial charge in [0, 0.05) is 17.1 Å². The lowest BCUT2D eigenvalue weighted by molar-refractivity contribution is -0.387. The standard InChI is InChI=1S/C13H17ClN2O4S/c14-10-7-8-13(12(9-10)16(17)18)21(19,20)15-11-5-3-1-2-4-6-11/h7-9,11,15H,1-6H2. The Morgan fingerprint density at radius 3 is 2.38 bits per heavy atom. The van der Waals surface area contributed by atoms with E-state index in [9.17, 15) is 18.5 Å². The van der Waals surface area contributed by atoms with Crippen LogP contribution in [0, 0.1) is 10.1 Å². The van der Waals surface area contributed by atoms with Crippen molar-refractivity contribution in [1.29, 1.82) is 0 Å². The number of hydrogen-bond acceptors (Lipinski definition) is 4. The average molecular weight is 333 g/mol. The van der Waals surface area contributed by atoms with Gasteiger partial charge in [-0.1, -0.05) is 37.3 Å². The molecule has 0 radical (unpaired) electrons. The molecule has 0 atom stereocenters. The topological polar surface area (TPSA) is 89.3 Å². The van der Waals surface area contributed by atoms with Crippen LogP contribution in [0.5, 0.6) is 0 Å². The van der Waals surface area contributed by atoms with Crippen LogP contribution >= 0.6 is 11.6 Å². The summed E-state index contributed by atoms with van der Waals surface area (Å²) in [5, 5.41) is 11.2. The first-order valence-corrected chi connectivity index (χ1v) is 8.72. The highest BCUT2D eigenvalue weighted by atomic mass is 35.5. The predicted molar refractivity (Wildman–Crippen MR) is 79.9 cm³/mol. The highest BCUT2D eigenvalue weighted by Gasteiger charge is 2.28. The molecule has 0 aliphatic heterocycles. The van der Waals surface area contributed by atoms with E-state index < -0.39 is 20.6 Å². The summed E-state index contributed by atoms with van der Waals surface area (Å²) in [6.45, 7) is 0. The van der Waals surface area contributed by atoms with Crippen molar-refractivity contribution >= 4 is 27.3 Å². The molecule has 0 unspecified atom stereocenters. The summed E-state index contributed by atoms with van der Waals surface area (Å²) in [5.74, 6) is 0. The zero-order chi connectivity index (χ0) is 15.5. The third kappa shape index (κ3) is 4.15. The van der Waals surface area contributed by atoms with Crippen molar-refractivity contribution in [2.24, 2.45) is 0 Å². The number of benzene rings is 1. The average Bonchev–Trinajstić information content (AvgIpc) is 2.66. The van der Waals surface area contributed by atoms with Gasteiger partial charge in [-0.25, -0.2) is 13.1 Å². The molecular formula is C13H17ClN2O4S. The zero-order valence-electron chi connectivity index (χ0n) is 11.4. The fourth-order valence-electron chi connectivity index (χ4n) is 2.54. The number of nitro benzene ring substituents is 1. The first kappa shape index (κ1) is 16.2. The molecule has 0 heterocycles. The SMILES string of the molecule is O=[N+]([O-])c1cc(Cl)ccc1S(=O)(=O)NC1CCCCCC1. The quantitative estimate of drug-likeness (QED) is 0.520. The van der Waals surface area contributed by atoms with Crippen LogP contribution in [0.1, 0.15) is 38.5 Å². The summed E-state index contributed by atoms with van der Waals surface area (Å²) in [7, 11) is -3.92. The Bertz CT molecular complexity index is 625. The van der Waals surface area contributed by atoms with E-state index in [4.69, 9.17) is 11.6 Å². The minimum atomic E-state index is -3.92. The zero-order valence-corrected chi connectivity index (χ0v) is 13.0. The van der Waals surface area contributed by atoms with Gasteiger partial charge in [0.2, 0.25) is 10.0 Å². The third-order valence-corrected chi connectivity index (χ3v) is 5.39. The molecule has 1 fully saturated rings. The lowest BCUT2D eigenvalue weighted by Gasteiger charge is -2.16. The van der Waals surface area contributed by atoms with E-state index in [2.05, 4.69) is 4.72 Å². The Morgan fingerprint density at radius 1 is 1.19 bits per heavy atom. The van der Waals surface area contributed by atoms with Gasteiger partial charge in [0.1, 0.15) is 0 Å². The number of nitrogens with one attached hydrogen (secondary N) is 1. The first-order valence-electron chi connectivity index (χ1n) is 6.86. The van der Waals surface area contributed by atoms with Crippen molar-refractivity contribution in [2.75, 3.05) is 0 Å². The van der Waals surface area contributed by atoms with Crippen molar-refractivity contribution in [2.45, 2.75) is 49.5 Å². The number of sulfonamides is 1. The minimum Gasteiger partial charge on any atom is -0.258 e. The molecule has 6 nitrogen and oxygen atoms in total. The Balaban J connectivity index is 2.28. The van der Waals surface area contributed by atoms with E-state index >= 15 is 0 Å². The van der Waals surface area contributed by atoms with E-state index in [1.807, 2.05) is 0 Å². The van der Waals surface area contributed by atoms with Crippen LogP contribution in [0.4, 0.5) is 5.69 Å². The maximum absolute atomic E-state index is 12.4. The molecule has 0 bridgehead atoms. The van der Waals surface area contributed by atoms with Crippen LogP contribution in [0.15, 0.2) is 23.1 Å². The number of nitrogens with zero attached hydrogens (tertiary/aromatic N) is 1. The van der Waals surface area contributed by atoms with Crippen molar-refractivity contribution in [3.63, 3.8) is 0 Å². The van der Waals surface area contributed by atoms with Crippen molar-refractivity contribution in [1.82, 2.24) is 4.72 Å². The highest BCUT2D eigenvalue weighted by molar-refractivity contribution is 7.89. The number of hydrogen-bond donors (Lipinski definition) is 1. The van der Waals surface area contributed by atoms with Crippen molar-refractivity contribution in [3.05, 3.63) is 33.3 Å². The van der Waals surface area contributed by atoms with Gasteiger partial charge in [0.25, 0.3) is 5.69 Å². The Morgan fingerprint density at radius 2 is 1.81 bits per heavy atom. The molecule has 21 heavy (non-hydrogen) atoms. The van der Waals surface area contributed by atoms with Crippen LogP contribution in [-0.4, -0.2) is 19.4 Å². The fraction of sp³-hybridized carbons (Fsp3) is 0.538. The van der Waals surface area contributed by atoms with Crippen LogP contribution in [0.25, 0.3) is 0 Å². The van der Waals surface area contributed by atoms with Gasteiger partial charge in [0.15, 0.2) is 4.90 Å². The van der Waals surface area contributed by atoms with Gasteiger partial charge in [0.05, 0.1) is 4.92 Å². The van der Waals surface area contributed by atoms with E-state index in [0.29, 0.717) is 0 Å². The summed E-state index contributed by atoms with van der Waals surface area (Å²) in [5.41, 5.74) is -0.497. The molecule has 8 heteroatoms. The molecule has 0 amide bonds. The lowest BCUT2D eigenvalue weighted by Crippen LogP contribution is -2.34. The summed E-state index contributed by atoms with van der Waals surface area (Å²) < 4.78 is 27.4. The normalized spacial score (nSPS) is 17.4. The smallest absolute Gasteiger partial charge is 0.258 e. The largest absolute Gasteiger partial charge is 0.290 e. The maximum Gasteiger partial charge on any atom is 0.290 e. The summed E-state index contributed by atoms with van der Waals surface area (Å²) in [4.78, 5) is 9.96. The molecule has 1 N–H and O–H groups in total. The molecule has 0 aromatic heterocycles. The second-order valence-electron chi connectivity index (χ2n) is 5.18. The van der Waals surface area contributed by atoms with Gasteiger partial charge in [-0.3, -0.25) is 10.1 Å². The molecule has 0 spiro atoms. The summed E-state index contributed by atoms with van der Waals surface area (Å²) >= 11 is 5.70. The van der Waals surface area contributed by atoms with Crippen LogP contribution in [-0.2, 0) is 10.0 Å². The van der Waals surface area contributed by atoms with E-state index in [-0.39, 0.29) is 16.0 Å². The second kappa shape index (κ2) is 6.72. The Hall–Kier alpha value is -1.18. The molecule has 1 aromatic rings. The second-order valence-corrected chi connectivity index (χ2v) is 7.30. The van der Waals surface area contributed by atoms with Gasteiger partial charge < -0.3 is 0 Å². The van der Waals surface area contributed by atoms with Crippen LogP contribution < -0.4 is 4.72 Å². The van der Waals surface area contributed by atoms with Gasteiger partial charge in [-0.05, 0) is 25.0 Å². The van der Waals surface area contributed by atoms with Crippen LogP contribution in [0.3, 0.4) is 0 Å². The summed E-state index contributed by atoms with van der Waals surface area (Å²) in [6, 6.07) is 3.42. The Kier molecular flexibility index (Phi) is 5.18. The van der Waals surface area contributed by atoms with Gasteiger partial charge in [-0.15, -0.1) is 0 Å². The monoisotopic (exact) mass is 332 g/mol. The molecule has 1 aromatic carbocycles. The fourth-order valence-corrected chi connectivity index (χ4v) is 4.16. The van der Waals surface area contributed by atoms with Gasteiger partial charge >= 0.3 is 0 Å². The molecule has 1 aliphatic carbocycles. The van der Waals surface area contributed by atoms with E-state index in [1.165, 1.54) is 12.1 Å². The molecule has 0 saturated heterocycles. The lowest BCUT2D eigenvalue weighted by atomic mass is 10.1. The maximum atomic E-state index is 12.4. The number of rotatable bonds is 4. The van der Waals surface area contributed by atoms with Crippen molar-refractivity contribution < 1.29 is 13.3 Å². The third-order valence-electron chi connectivity index (χ3n) is 3.58. The molecule has 2 rings (SSSR count). The Labute approximate surface area is 128 Å². The predicted octanol–water partition coefficient (Wildman–Crippen LogP) is 3.25. The molecule has 1 aliphatic rings. The van der Waals surface area contributed by atoms with Gasteiger partial charge in [-0.2, -0.15) is 0 Å². The molecular weight excluding hydrogens is 316 g/mol. The molecule has 116 valence electrons. The van der Waals surface area contributed by atoms with Crippen LogP contribution in [0.2, 0.25) is 5.02 Å². The molecule has 1 saturated carbocycles. The first-order chi connectivity index (χ1) is 9.90.